The number of hydrogen-bond acceptors (Lipinski definition) is 2. The molecule has 0 unspecified atom stereocenters. The number of amides is 3. The molecule has 3 amide bonds. The van der Waals surface area contributed by atoms with Gasteiger partial charge in [-0.3, -0.25) is 4.79 Å². The third kappa shape index (κ3) is 4.57. The Hall–Kier alpha value is -2.04. The highest BCUT2D eigenvalue weighted by molar-refractivity contribution is 5.97. The summed E-state index contributed by atoms with van der Waals surface area (Å²) in [5.74, 6) is 0.0759. The molecule has 5 nitrogen and oxygen atoms in total. The molecule has 0 spiro atoms. The average molecular weight is 277 g/mol. The molecule has 4 N–H and O–H groups in total. The van der Waals surface area contributed by atoms with E-state index in [1.807, 2.05) is 38.1 Å². The van der Waals surface area contributed by atoms with Crippen LogP contribution in [0.5, 0.6) is 0 Å². The summed E-state index contributed by atoms with van der Waals surface area (Å²) in [6.07, 6.45) is 0. The van der Waals surface area contributed by atoms with Gasteiger partial charge in [-0.25, -0.2) is 4.79 Å². The Morgan fingerprint density at radius 3 is 2.30 bits per heavy atom. The van der Waals surface area contributed by atoms with Crippen LogP contribution in [0.3, 0.4) is 0 Å². The van der Waals surface area contributed by atoms with Gasteiger partial charge < -0.3 is 16.4 Å². The Bertz CT molecular complexity index is 484. The second-order valence-corrected chi connectivity index (χ2v) is 5.50. The van der Waals surface area contributed by atoms with E-state index >= 15 is 0 Å². The molecule has 5 heteroatoms. The van der Waals surface area contributed by atoms with Crippen LogP contribution in [0.25, 0.3) is 0 Å². The van der Waals surface area contributed by atoms with Crippen molar-refractivity contribution in [2.45, 2.75) is 39.7 Å². The summed E-state index contributed by atoms with van der Waals surface area (Å²) in [6.45, 7) is 7.88. The zero-order valence-corrected chi connectivity index (χ0v) is 12.4. The van der Waals surface area contributed by atoms with Gasteiger partial charge in [0.15, 0.2) is 0 Å². The molecule has 0 heterocycles. The molecule has 0 aliphatic rings. The van der Waals surface area contributed by atoms with Crippen LogP contribution in [-0.2, 0) is 4.79 Å². The lowest BCUT2D eigenvalue weighted by atomic mass is 10.0. The van der Waals surface area contributed by atoms with Crippen LogP contribution in [0.4, 0.5) is 10.5 Å². The zero-order valence-electron chi connectivity index (χ0n) is 12.4. The van der Waals surface area contributed by atoms with Gasteiger partial charge in [0.25, 0.3) is 0 Å². The molecule has 0 aromatic heterocycles. The van der Waals surface area contributed by atoms with Crippen LogP contribution in [0.1, 0.15) is 39.2 Å². The highest BCUT2D eigenvalue weighted by atomic mass is 16.2. The second kappa shape index (κ2) is 6.93. The molecule has 0 saturated heterocycles. The van der Waals surface area contributed by atoms with Gasteiger partial charge in [0, 0.05) is 5.69 Å². The quantitative estimate of drug-likeness (QED) is 0.772. The molecule has 1 aromatic rings. The first kappa shape index (κ1) is 16.0. The van der Waals surface area contributed by atoms with Gasteiger partial charge in [0.2, 0.25) is 5.91 Å². The van der Waals surface area contributed by atoms with E-state index < -0.39 is 12.1 Å². The van der Waals surface area contributed by atoms with E-state index in [2.05, 4.69) is 24.5 Å². The smallest absolute Gasteiger partial charge is 0.312 e. The molecule has 0 radical (unpaired) electrons. The normalized spacial score (nSPS) is 12.3. The monoisotopic (exact) mass is 277 g/mol. The van der Waals surface area contributed by atoms with Gasteiger partial charge in [0.05, 0.1) is 0 Å². The summed E-state index contributed by atoms with van der Waals surface area (Å²) in [5, 5.41) is 5.28. The van der Waals surface area contributed by atoms with Gasteiger partial charge in [-0.05, 0) is 29.5 Å². The van der Waals surface area contributed by atoms with E-state index in [4.69, 9.17) is 5.73 Å². The van der Waals surface area contributed by atoms with E-state index in [1.54, 1.807) is 0 Å². The van der Waals surface area contributed by atoms with Crippen LogP contribution in [0.15, 0.2) is 24.3 Å². The highest BCUT2D eigenvalue weighted by Crippen LogP contribution is 2.19. The van der Waals surface area contributed by atoms with Crippen molar-refractivity contribution in [2.75, 3.05) is 5.32 Å². The molecule has 20 heavy (non-hydrogen) atoms. The lowest BCUT2D eigenvalue weighted by Gasteiger charge is -2.21. The van der Waals surface area contributed by atoms with E-state index in [1.165, 1.54) is 0 Å². The average Bonchev–Trinajstić information content (AvgIpc) is 2.35. The number of hydrogen-bond donors (Lipinski definition) is 3. The highest BCUT2D eigenvalue weighted by Gasteiger charge is 2.23. The zero-order chi connectivity index (χ0) is 15.3. The number of benzene rings is 1. The Labute approximate surface area is 119 Å². The summed E-state index contributed by atoms with van der Waals surface area (Å²) in [5.41, 5.74) is 6.96. The number of carbonyl (C=O) groups is 2. The van der Waals surface area contributed by atoms with Crippen LogP contribution in [0.2, 0.25) is 0 Å². The van der Waals surface area contributed by atoms with Crippen molar-refractivity contribution in [1.29, 1.82) is 0 Å². The Balaban J connectivity index is 2.82. The first-order valence-corrected chi connectivity index (χ1v) is 6.78. The number of urea groups is 1. The maximum atomic E-state index is 12.2. The van der Waals surface area contributed by atoms with Crippen molar-refractivity contribution in [1.82, 2.24) is 5.32 Å². The fourth-order valence-corrected chi connectivity index (χ4v) is 1.88. The van der Waals surface area contributed by atoms with Gasteiger partial charge in [0.1, 0.15) is 6.04 Å². The predicted octanol–water partition coefficient (Wildman–Crippen LogP) is 2.44. The van der Waals surface area contributed by atoms with Crippen LogP contribution < -0.4 is 16.4 Å². The van der Waals surface area contributed by atoms with Gasteiger partial charge in [-0.2, -0.15) is 0 Å². The molecule has 0 bridgehead atoms. The fourth-order valence-electron chi connectivity index (χ4n) is 1.88. The minimum atomic E-state index is -0.699. The Morgan fingerprint density at radius 2 is 1.80 bits per heavy atom. The van der Waals surface area contributed by atoms with E-state index in [9.17, 15) is 9.59 Å². The minimum absolute atomic E-state index is 0.0456. The summed E-state index contributed by atoms with van der Waals surface area (Å²) in [4.78, 5) is 23.1. The lowest BCUT2D eigenvalue weighted by molar-refractivity contribution is -0.118. The molecular weight excluding hydrogens is 254 g/mol. The third-order valence-electron chi connectivity index (χ3n) is 3.07. The number of nitrogens with one attached hydrogen (secondary N) is 2. The van der Waals surface area contributed by atoms with Crippen LogP contribution in [0, 0.1) is 5.92 Å². The molecule has 0 saturated carbocycles. The largest absolute Gasteiger partial charge is 0.352 e. The molecule has 0 fully saturated rings. The molecule has 0 aliphatic carbocycles. The molecule has 1 atom stereocenters. The van der Waals surface area contributed by atoms with Gasteiger partial charge in [-0.15, -0.1) is 0 Å². The molecule has 0 aliphatic heterocycles. The first-order valence-electron chi connectivity index (χ1n) is 6.78. The Morgan fingerprint density at radius 1 is 1.15 bits per heavy atom. The predicted molar refractivity (Wildman–Crippen MR) is 80.5 cm³/mol. The van der Waals surface area contributed by atoms with Crippen LogP contribution in [-0.4, -0.2) is 18.0 Å². The fraction of sp³-hybridized carbons (Fsp3) is 0.467. The molecule has 110 valence electrons. The Kier molecular flexibility index (Phi) is 5.55. The standard InChI is InChI=1S/C15H23N3O2/c1-9(2)11-6-5-7-12(8-11)17-14(19)13(10(3)4)18-15(16)20/h5-10,13H,1-4H3,(H,17,19)(H3,16,18,20)/t13-/m0/s1. The van der Waals surface area contributed by atoms with Crippen molar-refractivity contribution < 1.29 is 9.59 Å². The molecule has 1 rings (SSSR count). The van der Waals surface area contributed by atoms with Crippen molar-refractivity contribution in [2.24, 2.45) is 11.7 Å². The first-order chi connectivity index (χ1) is 9.31. The topological polar surface area (TPSA) is 84.2 Å². The van der Waals surface area contributed by atoms with Gasteiger partial charge in [-0.1, -0.05) is 39.8 Å². The maximum Gasteiger partial charge on any atom is 0.312 e. The summed E-state index contributed by atoms with van der Waals surface area (Å²) < 4.78 is 0. The number of nitrogens with two attached hydrogens (primary N) is 1. The number of anilines is 1. The second-order valence-electron chi connectivity index (χ2n) is 5.50. The van der Waals surface area contributed by atoms with Crippen molar-refractivity contribution in [3.05, 3.63) is 29.8 Å². The van der Waals surface area contributed by atoms with Gasteiger partial charge >= 0.3 is 6.03 Å². The van der Waals surface area contributed by atoms with E-state index in [-0.39, 0.29) is 11.8 Å². The number of carbonyl (C=O) groups excluding carboxylic acids is 2. The molecule has 1 aromatic carbocycles. The van der Waals surface area contributed by atoms with E-state index in [0.717, 1.165) is 11.3 Å². The summed E-state index contributed by atoms with van der Waals surface area (Å²) in [7, 11) is 0. The maximum absolute atomic E-state index is 12.2. The van der Waals surface area contributed by atoms with Crippen molar-refractivity contribution in [3.8, 4) is 0 Å². The van der Waals surface area contributed by atoms with E-state index in [0.29, 0.717) is 5.92 Å². The number of rotatable bonds is 5. The van der Waals surface area contributed by atoms with Crippen molar-refractivity contribution in [3.63, 3.8) is 0 Å². The summed E-state index contributed by atoms with van der Waals surface area (Å²) >= 11 is 0. The third-order valence-corrected chi connectivity index (χ3v) is 3.07. The molecular formula is C15H23N3O2. The minimum Gasteiger partial charge on any atom is -0.352 e. The van der Waals surface area contributed by atoms with Crippen molar-refractivity contribution >= 4 is 17.6 Å². The lowest BCUT2D eigenvalue weighted by Crippen LogP contribution is -2.49. The SMILES string of the molecule is CC(C)c1cccc(NC(=O)[C@@H](NC(N)=O)C(C)C)c1. The van der Waals surface area contributed by atoms with Crippen LogP contribution >= 0.6 is 0 Å². The number of primary amides is 1. The summed E-state index contributed by atoms with van der Waals surface area (Å²) in [6, 6.07) is 6.33.